The van der Waals surface area contributed by atoms with E-state index < -0.39 is 17.6 Å². The van der Waals surface area contributed by atoms with Crippen LogP contribution in [0.15, 0.2) is 48.9 Å². The van der Waals surface area contributed by atoms with Crippen LogP contribution in [0.1, 0.15) is 34.3 Å². The molecule has 0 spiro atoms. The van der Waals surface area contributed by atoms with Gasteiger partial charge in [0.25, 0.3) is 5.91 Å². The molecule has 1 N–H and O–H groups in total. The monoisotopic (exact) mass is 537 g/mol. The van der Waals surface area contributed by atoms with Crippen molar-refractivity contribution < 1.29 is 22.7 Å². The number of aromatic nitrogens is 4. The van der Waals surface area contributed by atoms with Crippen molar-refractivity contribution in [2.24, 2.45) is 0 Å². The van der Waals surface area contributed by atoms with Gasteiger partial charge in [-0.1, -0.05) is 6.07 Å². The molecule has 0 bridgehead atoms. The Hall–Kier alpha value is -4.48. The third kappa shape index (κ3) is 5.27. The van der Waals surface area contributed by atoms with Gasteiger partial charge in [0, 0.05) is 37.1 Å². The maximum Gasteiger partial charge on any atom is 0.420 e. The highest BCUT2D eigenvalue weighted by molar-refractivity contribution is 6.05. The van der Waals surface area contributed by atoms with Gasteiger partial charge in [0.2, 0.25) is 5.95 Å². The highest BCUT2D eigenvalue weighted by atomic mass is 19.4. The van der Waals surface area contributed by atoms with Crippen LogP contribution in [0.3, 0.4) is 0 Å². The first-order valence-electron chi connectivity index (χ1n) is 12.3. The van der Waals surface area contributed by atoms with Crippen LogP contribution < -0.4 is 19.9 Å². The second kappa shape index (κ2) is 10.4. The maximum atomic E-state index is 13.4. The van der Waals surface area contributed by atoms with Gasteiger partial charge in [0.15, 0.2) is 5.82 Å². The summed E-state index contributed by atoms with van der Waals surface area (Å²) < 4.78 is 45.1. The molecule has 0 radical (unpaired) electrons. The number of carbonyl (C=O) groups excluding carboxylic acids is 1. The number of aryl methyl sites for hydroxylation is 1. The first kappa shape index (κ1) is 26.1. The summed E-state index contributed by atoms with van der Waals surface area (Å²) in [5, 5.41) is 2.55. The van der Waals surface area contributed by atoms with Crippen molar-refractivity contribution in [2.45, 2.75) is 25.9 Å². The minimum Gasteiger partial charge on any atom is -0.496 e. The van der Waals surface area contributed by atoms with E-state index >= 15 is 0 Å². The van der Waals surface area contributed by atoms with Crippen LogP contribution in [0.5, 0.6) is 5.75 Å². The van der Waals surface area contributed by atoms with E-state index in [-0.39, 0.29) is 17.0 Å². The van der Waals surface area contributed by atoms with Gasteiger partial charge < -0.3 is 19.9 Å². The Kier molecular flexibility index (Phi) is 6.94. The molecular formula is C27H26F3N7O2. The van der Waals surface area contributed by atoms with Gasteiger partial charge in [-0.2, -0.15) is 13.2 Å². The second-order valence-electron chi connectivity index (χ2n) is 9.22. The van der Waals surface area contributed by atoms with Gasteiger partial charge >= 0.3 is 6.18 Å². The highest BCUT2D eigenvalue weighted by Gasteiger charge is 2.34. The van der Waals surface area contributed by atoms with E-state index in [0.29, 0.717) is 28.5 Å². The van der Waals surface area contributed by atoms with Crippen LogP contribution in [0.25, 0.3) is 11.0 Å². The lowest BCUT2D eigenvalue weighted by Gasteiger charge is -2.23. The lowest BCUT2D eigenvalue weighted by molar-refractivity contribution is -0.138. The fourth-order valence-corrected chi connectivity index (χ4v) is 4.58. The Morgan fingerprint density at radius 2 is 1.85 bits per heavy atom. The molecule has 202 valence electrons. The SMILES string of the molecule is COc1ccc(NC(=O)c2ccc(C)c(N(C)c3ncnc4cnc(N5CCCC5)nc34)c2)cc1C(F)(F)F. The fourth-order valence-electron chi connectivity index (χ4n) is 4.58. The molecule has 1 aliphatic rings. The van der Waals surface area contributed by atoms with Gasteiger partial charge in [-0.05, 0) is 55.7 Å². The summed E-state index contributed by atoms with van der Waals surface area (Å²) in [5.74, 6) is 0.267. The van der Waals surface area contributed by atoms with Crippen LogP contribution in [0, 0.1) is 6.92 Å². The number of benzene rings is 2. The molecule has 0 saturated carbocycles. The number of fused-ring (bicyclic) bond motifs is 1. The van der Waals surface area contributed by atoms with E-state index in [0.717, 1.165) is 44.7 Å². The second-order valence-corrected chi connectivity index (χ2v) is 9.22. The molecular weight excluding hydrogens is 511 g/mol. The molecule has 0 atom stereocenters. The molecule has 12 heteroatoms. The Balaban J connectivity index is 1.45. The average molecular weight is 538 g/mol. The van der Waals surface area contributed by atoms with Crippen molar-refractivity contribution in [1.29, 1.82) is 0 Å². The number of halogens is 3. The lowest BCUT2D eigenvalue weighted by atomic mass is 10.1. The number of methoxy groups -OCH3 is 1. The number of nitrogens with zero attached hydrogens (tertiary/aromatic N) is 6. The van der Waals surface area contributed by atoms with Gasteiger partial charge in [-0.15, -0.1) is 0 Å². The minimum absolute atomic E-state index is 0.00320. The molecule has 5 rings (SSSR count). The quantitative estimate of drug-likeness (QED) is 0.351. The molecule has 0 unspecified atom stereocenters. The van der Waals surface area contributed by atoms with Crippen LogP contribution in [-0.2, 0) is 6.18 Å². The number of ether oxygens (including phenoxy) is 1. The van der Waals surface area contributed by atoms with Crippen molar-refractivity contribution in [3.63, 3.8) is 0 Å². The van der Waals surface area contributed by atoms with Gasteiger partial charge in [-0.25, -0.2) is 19.9 Å². The Morgan fingerprint density at radius 3 is 2.56 bits per heavy atom. The summed E-state index contributed by atoms with van der Waals surface area (Å²) in [4.78, 5) is 35.0. The van der Waals surface area contributed by atoms with Crippen molar-refractivity contribution in [2.75, 3.05) is 42.4 Å². The van der Waals surface area contributed by atoms with E-state index in [1.165, 1.54) is 18.5 Å². The summed E-state index contributed by atoms with van der Waals surface area (Å²) in [6, 6.07) is 8.42. The van der Waals surface area contributed by atoms with Crippen molar-refractivity contribution in [3.05, 3.63) is 65.6 Å². The molecule has 1 fully saturated rings. The Bertz CT molecular complexity index is 1540. The number of carbonyl (C=O) groups is 1. The molecule has 4 aromatic rings. The molecule has 1 aliphatic heterocycles. The molecule has 1 amide bonds. The predicted octanol–water partition coefficient (Wildman–Crippen LogP) is 5.38. The smallest absolute Gasteiger partial charge is 0.420 e. The first-order chi connectivity index (χ1) is 18.7. The summed E-state index contributed by atoms with van der Waals surface area (Å²) in [7, 11) is 2.97. The van der Waals surface area contributed by atoms with Crippen LogP contribution in [0.2, 0.25) is 0 Å². The van der Waals surface area contributed by atoms with Crippen molar-refractivity contribution >= 4 is 40.1 Å². The number of alkyl halides is 3. The molecule has 0 aliphatic carbocycles. The van der Waals surface area contributed by atoms with E-state index in [1.54, 1.807) is 24.4 Å². The summed E-state index contributed by atoms with van der Waals surface area (Å²) in [5.41, 5.74) is 1.98. The zero-order chi connectivity index (χ0) is 27.7. The van der Waals surface area contributed by atoms with E-state index in [4.69, 9.17) is 9.72 Å². The molecule has 1 saturated heterocycles. The maximum absolute atomic E-state index is 13.4. The molecule has 2 aromatic carbocycles. The largest absolute Gasteiger partial charge is 0.496 e. The number of hydrogen-bond acceptors (Lipinski definition) is 8. The standard InChI is InChI=1S/C27H26F3N7O2/c1-16-6-7-17(25(38)34-18-8-9-22(39-3)19(13-18)27(28,29)30)12-21(16)36(2)24-23-20(32-15-33-24)14-31-26(35-23)37-10-4-5-11-37/h6-9,12-15H,4-5,10-11H2,1-3H3,(H,34,38). The highest BCUT2D eigenvalue weighted by Crippen LogP contribution is 2.38. The summed E-state index contributed by atoms with van der Waals surface area (Å²) in [6.45, 7) is 3.67. The van der Waals surface area contributed by atoms with E-state index in [9.17, 15) is 18.0 Å². The number of rotatable bonds is 6. The van der Waals surface area contributed by atoms with Crippen molar-refractivity contribution in [1.82, 2.24) is 19.9 Å². The van der Waals surface area contributed by atoms with Crippen LogP contribution in [-0.4, -0.2) is 53.1 Å². The fraction of sp³-hybridized carbons (Fsp3) is 0.296. The molecule has 39 heavy (non-hydrogen) atoms. The normalized spacial score (nSPS) is 13.5. The Labute approximate surface area is 222 Å². The van der Waals surface area contributed by atoms with Gasteiger partial charge in [0.05, 0.1) is 18.9 Å². The third-order valence-electron chi connectivity index (χ3n) is 6.65. The third-order valence-corrected chi connectivity index (χ3v) is 6.65. The van der Waals surface area contributed by atoms with Gasteiger partial charge in [0.1, 0.15) is 23.1 Å². The van der Waals surface area contributed by atoms with Crippen LogP contribution >= 0.6 is 0 Å². The minimum atomic E-state index is -4.63. The van der Waals surface area contributed by atoms with Crippen LogP contribution in [0.4, 0.5) is 36.3 Å². The first-order valence-corrected chi connectivity index (χ1v) is 12.3. The van der Waals surface area contributed by atoms with Gasteiger partial charge in [-0.3, -0.25) is 4.79 Å². The molecule has 2 aromatic heterocycles. The number of nitrogens with one attached hydrogen (secondary N) is 1. The number of amides is 1. The van der Waals surface area contributed by atoms with E-state index in [1.807, 2.05) is 18.9 Å². The lowest BCUT2D eigenvalue weighted by Crippen LogP contribution is -2.21. The molecule has 9 nitrogen and oxygen atoms in total. The molecule has 3 heterocycles. The average Bonchev–Trinajstić information content (AvgIpc) is 3.47. The topological polar surface area (TPSA) is 96.4 Å². The zero-order valence-corrected chi connectivity index (χ0v) is 21.6. The predicted molar refractivity (Wildman–Crippen MR) is 142 cm³/mol. The Morgan fingerprint density at radius 1 is 1.08 bits per heavy atom. The summed E-state index contributed by atoms with van der Waals surface area (Å²) >= 11 is 0. The number of anilines is 4. The number of hydrogen-bond donors (Lipinski definition) is 1. The van der Waals surface area contributed by atoms with Crippen molar-refractivity contribution in [3.8, 4) is 5.75 Å². The zero-order valence-electron chi connectivity index (χ0n) is 21.6. The van der Waals surface area contributed by atoms with E-state index in [2.05, 4.69) is 25.2 Å². The summed E-state index contributed by atoms with van der Waals surface area (Å²) in [6.07, 6.45) is 0.643.